The summed E-state index contributed by atoms with van der Waals surface area (Å²) in [5, 5.41) is 40.2. The van der Waals surface area contributed by atoms with Crippen LogP contribution in [0.25, 0.3) is 10.9 Å². The van der Waals surface area contributed by atoms with Gasteiger partial charge < -0.3 is 39.6 Å². The number of aliphatic hydroxyl groups excluding tert-OH is 3. The van der Waals surface area contributed by atoms with Gasteiger partial charge in [0.2, 0.25) is 6.29 Å². The van der Waals surface area contributed by atoms with Gasteiger partial charge in [0.1, 0.15) is 23.9 Å². The van der Waals surface area contributed by atoms with E-state index in [1.165, 1.54) is 0 Å². The van der Waals surface area contributed by atoms with Crippen LogP contribution in [0.2, 0.25) is 0 Å². The second-order valence-electron chi connectivity index (χ2n) is 8.52. The third-order valence-electron chi connectivity index (χ3n) is 6.66. The van der Waals surface area contributed by atoms with Crippen molar-refractivity contribution in [2.45, 2.75) is 75.8 Å². The van der Waals surface area contributed by atoms with E-state index < -0.39 is 48.2 Å². The fraction of sp³-hybridized carbons (Fsp3) is 0.565. The van der Waals surface area contributed by atoms with Crippen molar-refractivity contribution in [3.05, 3.63) is 35.0 Å². The number of rotatable bonds is 6. The largest absolute Gasteiger partial charge is 0.479 e. The standard InChI is InChI=1S/C23H29NO9/c1-3-11-6-5-7-12-13-8-9-31-23(4-2,20(13)24-15(11)12)10-14(25)32-22-18(28)16(26)17(27)19(33-22)21(29)30/h5-7,16-19,22,24,26-28H,3-4,8-10H2,1-2H3,(H,29,30)/t16-,17-,18+,19-,22-,23-/m1/s1. The minimum absolute atomic E-state index is 0.215. The van der Waals surface area contributed by atoms with Gasteiger partial charge in [-0.15, -0.1) is 0 Å². The van der Waals surface area contributed by atoms with Gasteiger partial charge in [-0.1, -0.05) is 32.0 Å². The molecule has 3 heterocycles. The lowest BCUT2D eigenvalue weighted by Crippen LogP contribution is -2.60. The third kappa shape index (κ3) is 4.02. The van der Waals surface area contributed by atoms with Gasteiger partial charge in [0, 0.05) is 10.9 Å². The summed E-state index contributed by atoms with van der Waals surface area (Å²) in [6.45, 7) is 4.37. The van der Waals surface area contributed by atoms with Crippen LogP contribution in [-0.2, 0) is 42.2 Å². The van der Waals surface area contributed by atoms with E-state index in [2.05, 4.69) is 11.9 Å². The first kappa shape index (κ1) is 23.7. The van der Waals surface area contributed by atoms with Gasteiger partial charge in [0.25, 0.3) is 0 Å². The molecule has 0 spiro atoms. The number of hydrogen-bond acceptors (Lipinski definition) is 8. The number of carbonyl (C=O) groups excluding carboxylic acids is 1. The highest BCUT2D eigenvalue weighted by Gasteiger charge is 2.49. The van der Waals surface area contributed by atoms with E-state index in [1.54, 1.807) is 0 Å². The highest BCUT2D eigenvalue weighted by atomic mass is 16.7. The van der Waals surface area contributed by atoms with Gasteiger partial charge in [-0.05, 0) is 30.4 Å². The maximum absolute atomic E-state index is 12.9. The molecule has 0 aliphatic carbocycles. The molecule has 2 aliphatic heterocycles. The molecule has 0 amide bonds. The zero-order chi connectivity index (χ0) is 23.9. The number of carboxylic acids is 1. The van der Waals surface area contributed by atoms with E-state index in [0.717, 1.165) is 34.1 Å². The Bertz CT molecular complexity index is 1050. The zero-order valence-electron chi connectivity index (χ0n) is 18.5. The highest BCUT2D eigenvalue weighted by Crippen LogP contribution is 2.42. The Labute approximate surface area is 190 Å². The Morgan fingerprint density at radius 1 is 1.18 bits per heavy atom. The number of fused-ring (bicyclic) bond motifs is 3. The maximum Gasteiger partial charge on any atom is 0.335 e. The molecule has 1 aromatic heterocycles. The molecule has 0 radical (unpaired) electrons. The predicted octanol–water partition coefficient (Wildman–Crippen LogP) is 0.734. The summed E-state index contributed by atoms with van der Waals surface area (Å²) in [6.07, 6.45) is -7.34. The number of aliphatic hydroxyl groups is 3. The van der Waals surface area contributed by atoms with Crippen molar-refractivity contribution in [1.82, 2.24) is 4.98 Å². The number of hydrogen-bond donors (Lipinski definition) is 5. The molecule has 1 fully saturated rings. The van der Waals surface area contributed by atoms with Gasteiger partial charge in [-0.2, -0.15) is 0 Å². The van der Waals surface area contributed by atoms with Crippen molar-refractivity contribution in [3.8, 4) is 0 Å². The Hall–Kier alpha value is -2.50. The lowest BCUT2D eigenvalue weighted by molar-refractivity contribution is -0.287. The van der Waals surface area contributed by atoms with Gasteiger partial charge >= 0.3 is 11.9 Å². The Morgan fingerprint density at radius 2 is 1.94 bits per heavy atom. The van der Waals surface area contributed by atoms with Crippen LogP contribution in [0.5, 0.6) is 0 Å². The molecule has 0 saturated carbocycles. The van der Waals surface area contributed by atoms with Crippen LogP contribution >= 0.6 is 0 Å². The van der Waals surface area contributed by atoms with Crippen LogP contribution in [0.1, 0.15) is 43.5 Å². The van der Waals surface area contributed by atoms with Crippen LogP contribution in [0.4, 0.5) is 0 Å². The quantitative estimate of drug-likeness (QED) is 0.389. The number of aryl methyl sites for hydroxylation is 1. The monoisotopic (exact) mass is 463 g/mol. The Kier molecular flexibility index (Phi) is 6.47. The molecule has 2 aromatic rings. The Balaban J connectivity index is 1.60. The van der Waals surface area contributed by atoms with E-state index in [-0.39, 0.29) is 6.42 Å². The number of esters is 1. The molecule has 10 nitrogen and oxygen atoms in total. The predicted molar refractivity (Wildman–Crippen MR) is 114 cm³/mol. The van der Waals surface area contributed by atoms with Crippen LogP contribution in [0.3, 0.4) is 0 Å². The van der Waals surface area contributed by atoms with E-state index in [4.69, 9.17) is 14.2 Å². The first-order valence-electron chi connectivity index (χ1n) is 11.1. The summed E-state index contributed by atoms with van der Waals surface area (Å²) in [5.41, 5.74) is 3.04. The number of carbonyl (C=O) groups is 2. The molecule has 0 unspecified atom stereocenters. The summed E-state index contributed by atoms with van der Waals surface area (Å²) in [7, 11) is 0. The number of aromatic nitrogens is 1. The zero-order valence-corrected chi connectivity index (χ0v) is 18.5. The number of aliphatic carboxylic acids is 1. The molecule has 0 bridgehead atoms. The molecule has 1 aromatic carbocycles. The molecule has 2 aliphatic rings. The first-order chi connectivity index (χ1) is 15.7. The second kappa shape index (κ2) is 9.03. The van der Waals surface area contributed by atoms with Crippen molar-refractivity contribution < 1.29 is 44.2 Å². The number of ether oxygens (including phenoxy) is 3. The van der Waals surface area contributed by atoms with Crippen molar-refractivity contribution in [2.75, 3.05) is 6.61 Å². The molecular formula is C23H29NO9. The molecule has 1 saturated heterocycles. The van der Waals surface area contributed by atoms with Crippen LogP contribution in [0, 0.1) is 0 Å². The molecular weight excluding hydrogens is 434 g/mol. The van der Waals surface area contributed by atoms with Crippen LogP contribution in [0.15, 0.2) is 18.2 Å². The minimum Gasteiger partial charge on any atom is -0.479 e. The summed E-state index contributed by atoms with van der Waals surface area (Å²) in [4.78, 5) is 27.7. The fourth-order valence-electron chi connectivity index (χ4n) is 4.80. The number of carboxylic acid groups (broad SMARTS) is 1. The van der Waals surface area contributed by atoms with Gasteiger partial charge in [0.05, 0.1) is 18.7 Å². The summed E-state index contributed by atoms with van der Waals surface area (Å²) in [5.74, 6) is -2.35. The van der Waals surface area contributed by atoms with E-state index in [1.807, 2.05) is 25.1 Å². The normalized spacial score (nSPS) is 31.8. The lowest BCUT2D eigenvalue weighted by Gasteiger charge is -2.39. The topological polar surface area (TPSA) is 159 Å². The molecule has 10 heteroatoms. The van der Waals surface area contributed by atoms with Crippen molar-refractivity contribution in [2.24, 2.45) is 0 Å². The fourth-order valence-corrected chi connectivity index (χ4v) is 4.80. The van der Waals surface area contributed by atoms with Crippen LogP contribution in [-0.4, -0.2) is 74.7 Å². The van der Waals surface area contributed by atoms with E-state index >= 15 is 0 Å². The first-order valence-corrected chi connectivity index (χ1v) is 11.1. The van der Waals surface area contributed by atoms with Crippen LogP contribution < -0.4 is 0 Å². The number of nitrogens with one attached hydrogen (secondary N) is 1. The smallest absolute Gasteiger partial charge is 0.335 e. The van der Waals surface area contributed by atoms with Gasteiger partial charge in [0.15, 0.2) is 6.10 Å². The molecule has 5 N–H and O–H groups in total. The van der Waals surface area contributed by atoms with Crippen molar-refractivity contribution in [3.63, 3.8) is 0 Å². The highest BCUT2D eigenvalue weighted by molar-refractivity contribution is 5.88. The molecule has 6 atom stereocenters. The number of aromatic amines is 1. The van der Waals surface area contributed by atoms with Crippen molar-refractivity contribution >= 4 is 22.8 Å². The third-order valence-corrected chi connectivity index (χ3v) is 6.66. The summed E-state index contributed by atoms with van der Waals surface area (Å²) in [6, 6.07) is 6.10. The molecule has 4 rings (SSSR count). The Morgan fingerprint density at radius 3 is 2.61 bits per heavy atom. The number of benzene rings is 1. The SMILES string of the molecule is CCc1cccc2c3c([nH]c12)[C@@](CC)(CC(=O)O[C@@H]1O[C@@H](C(=O)O)[C@H](O)[C@@H](O)[C@@H]1O)OCC3. The summed E-state index contributed by atoms with van der Waals surface area (Å²) >= 11 is 0. The van der Waals surface area contributed by atoms with Gasteiger partial charge in [-0.3, -0.25) is 4.79 Å². The number of H-pyrrole nitrogens is 1. The van der Waals surface area contributed by atoms with E-state index in [0.29, 0.717) is 19.4 Å². The average molecular weight is 463 g/mol. The minimum atomic E-state index is -1.86. The lowest BCUT2D eigenvalue weighted by atomic mass is 9.86. The number of para-hydroxylation sites is 1. The van der Waals surface area contributed by atoms with Gasteiger partial charge in [-0.25, -0.2) is 4.79 Å². The molecule has 180 valence electrons. The van der Waals surface area contributed by atoms with E-state index in [9.17, 15) is 30.0 Å². The average Bonchev–Trinajstić information content (AvgIpc) is 3.19. The maximum atomic E-state index is 12.9. The molecule has 33 heavy (non-hydrogen) atoms. The summed E-state index contributed by atoms with van der Waals surface area (Å²) < 4.78 is 16.4. The van der Waals surface area contributed by atoms with Crippen molar-refractivity contribution in [1.29, 1.82) is 0 Å². The second-order valence-corrected chi connectivity index (χ2v) is 8.52.